The molecule has 4 aromatic carbocycles. The molecule has 0 spiro atoms. The Labute approximate surface area is 288 Å². The number of amides is 2. The van der Waals surface area contributed by atoms with Crippen molar-refractivity contribution in [3.05, 3.63) is 123 Å². The van der Waals surface area contributed by atoms with Gasteiger partial charge in [0.1, 0.15) is 18.3 Å². The van der Waals surface area contributed by atoms with Gasteiger partial charge >= 0.3 is 0 Å². The smallest absolute Gasteiger partial charge is 0.264 e. The predicted molar refractivity (Wildman–Crippen MR) is 186 cm³/mol. The fraction of sp³-hybridized carbons (Fsp3) is 0.235. The number of carbonyl (C=O) groups is 2. The molecule has 2 amide bonds. The lowest BCUT2D eigenvalue weighted by molar-refractivity contribution is -0.140. The number of likely N-dealkylation sites (N-methyl/N-ethyl adjacent to an activating group) is 1. The van der Waals surface area contributed by atoms with Crippen molar-refractivity contribution in [3.63, 3.8) is 0 Å². The fourth-order valence-electron chi connectivity index (χ4n) is 4.82. The summed E-state index contributed by atoms with van der Waals surface area (Å²) in [5.74, 6) is -0.407. The van der Waals surface area contributed by atoms with Crippen LogP contribution < -0.4 is 14.4 Å². The zero-order valence-corrected chi connectivity index (χ0v) is 29.2. The fourth-order valence-corrected chi connectivity index (χ4v) is 6.82. The van der Waals surface area contributed by atoms with Gasteiger partial charge in [0.05, 0.1) is 27.2 Å². The van der Waals surface area contributed by atoms with E-state index in [-0.39, 0.29) is 34.5 Å². The molecule has 0 heterocycles. The van der Waals surface area contributed by atoms with Gasteiger partial charge in [0.25, 0.3) is 10.0 Å². The first kappa shape index (κ1) is 35.3. The van der Waals surface area contributed by atoms with Crippen LogP contribution in [0.15, 0.2) is 106 Å². The molecule has 8 nitrogen and oxygen atoms in total. The van der Waals surface area contributed by atoms with Crippen LogP contribution in [0.2, 0.25) is 10.0 Å². The van der Waals surface area contributed by atoms with Crippen molar-refractivity contribution in [2.24, 2.45) is 0 Å². The van der Waals surface area contributed by atoms with E-state index in [1.165, 1.54) is 17.0 Å². The lowest BCUT2D eigenvalue weighted by Gasteiger charge is -2.34. The van der Waals surface area contributed by atoms with Crippen LogP contribution >= 0.6 is 39.1 Å². The average Bonchev–Trinajstić information content (AvgIpc) is 3.04. The molecule has 46 heavy (non-hydrogen) atoms. The highest BCUT2D eigenvalue weighted by Gasteiger charge is 2.34. The third-order valence-electron chi connectivity index (χ3n) is 7.08. The van der Waals surface area contributed by atoms with Gasteiger partial charge in [-0.15, -0.1) is 0 Å². The van der Waals surface area contributed by atoms with Gasteiger partial charge in [-0.2, -0.15) is 0 Å². The number of sulfonamides is 1. The third kappa shape index (κ3) is 9.03. The molecule has 242 valence electrons. The standard InChI is InChI=1S/C34H34BrCl2N3O5S/c1-3-38-34(42)32(21-24-8-6-5-7-9-24)39(22-25-10-19-30(36)31(37)20-25)33(41)23-40(27-13-15-28(16-14-27)45-4-2)46(43,44)29-17-11-26(35)12-18-29/h5-20,32H,3-4,21-23H2,1-2H3,(H,38,42)/t32-/m1/s1. The highest BCUT2D eigenvalue weighted by Crippen LogP contribution is 2.29. The van der Waals surface area contributed by atoms with Gasteiger partial charge in [0, 0.05) is 24.0 Å². The summed E-state index contributed by atoms with van der Waals surface area (Å²) in [7, 11) is -4.24. The molecular formula is C34H34BrCl2N3O5S. The summed E-state index contributed by atoms with van der Waals surface area (Å²) >= 11 is 15.8. The molecular weight excluding hydrogens is 713 g/mol. The summed E-state index contributed by atoms with van der Waals surface area (Å²) in [5, 5.41) is 3.47. The van der Waals surface area contributed by atoms with Crippen molar-refractivity contribution in [1.82, 2.24) is 10.2 Å². The third-order valence-corrected chi connectivity index (χ3v) is 10.1. The predicted octanol–water partition coefficient (Wildman–Crippen LogP) is 7.13. The van der Waals surface area contributed by atoms with E-state index in [9.17, 15) is 18.0 Å². The Morgan fingerprint density at radius 3 is 2.15 bits per heavy atom. The van der Waals surface area contributed by atoms with Crippen molar-refractivity contribution < 1.29 is 22.7 Å². The van der Waals surface area contributed by atoms with Crippen molar-refractivity contribution in [1.29, 1.82) is 0 Å². The Balaban J connectivity index is 1.80. The minimum absolute atomic E-state index is 0.00187. The summed E-state index contributed by atoms with van der Waals surface area (Å²) in [6, 6.07) is 25.9. The van der Waals surface area contributed by atoms with Gasteiger partial charge in [-0.3, -0.25) is 13.9 Å². The monoisotopic (exact) mass is 745 g/mol. The van der Waals surface area contributed by atoms with Crippen LogP contribution in [-0.2, 0) is 32.6 Å². The second-order valence-corrected chi connectivity index (χ2v) is 13.9. The molecule has 12 heteroatoms. The van der Waals surface area contributed by atoms with E-state index in [1.54, 1.807) is 61.5 Å². The van der Waals surface area contributed by atoms with Crippen molar-refractivity contribution in [3.8, 4) is 5.75 Å². The first-order chi connectivity index (χ1) is 22.0. The molecule has 1 atom stereocenters. The molecule has 1 N–H and O–H groups in total. The molecule has 4 aromatic rings. The number of ether oxygens (including phenoxy) is 1. The van der Waals surface area contributed by atoms with Crippen LogP contribution in [0.3, 0.4) is 0 Å². The van der Waals surface area contributed by atoms with Crippen LogP contribution in [0.1, 0.15) is 25.0 Å². The van der Waals surface area contributed by atoms with E-state index in [0.717, 1.165) is 9.87 Å². The first-order valence-corrected chi connectivity index (χ1v) is 17.6. The zero-order valence-electron chi connectivity index (χ0n) is 25.3. The van der Waals surface area contributed by atoms with Crippen molar-refractivity contribution in [2.75, 3.05) is 24.0 Å². The first-order valence-electron chi connectivity index (χ1n) is 14.6. The van der Waals surface area contributed by atoms with Gasteiger partial charge < -0.3 is 15.0 Å². The number of carbonyl (C=O) groups excluding carboxylic acids is 2. The highest BCUT2D eigenvalue weighted by molar-refractivity contribution is 9.10. The number of rotatable bonds is 14. The number of nitrogens with one attached hydrogen (secondary N) is 1. The van der Waals surface area contributed by atoms with Crippen molar-refractivity contribution in [2.45, 2.75) is 37.8 Å². The van der Waals surface area contributed by atoms with E-state index in [4.69, 9.17) is 27.9 Å². The second-order valence-electron chi connectivity index (χ2n) is 10.3. The zero-order chi connectivity index (χ0) is 33.3. The quantitative estimate of drug-likeness (QED) is 0.148. The number of halogens is 3. The number of hydrogen-bond acceptors (Lipinski definition) is 5. The number of nitrogens with zero attached hydrogens (tertiary/aromatic N) is 2. The normalized spacial score (nSPS) is 11.8. The van der Waals surface area contributed by atoms with Crippen LogP contribution in [0.4, 0.5) is 5.69 Å². The lowest BCUT2D eigenvalue weighted by Crippen LogP contribution is -2.53. The van der Waals surface area contributed by atoms with E-state index >= 15 is 0 Å². The molecule has 0 saturated heterocycles. The van der Waals surface area contributed by atoms with Gasteiger partial charge in [0.2, 0.25) is 11.8 Å². The van der Waals surface area contributed by atoms with Gasteiger partial charge in [-0.1, -0.05) is 75.5 Å². The summed E-state index contributed by atoms with van der Waals surface area (Å²) < 4.78 is 35.6. The summed E-state index contributed by atoms with van der Waals surface area (Å²) in [4.78, 5) is 29.5. The van der Waals surface area contributed by atoms with Gasteiger partial charge in [0.15, 0.2) is 0 Å². The molecule has 0 aromatic heterocycles. The van der Waals surface area contributed by atoms with E-state index in [0.29, 0.717) is 34.0 Å². The van der Waals surface area contributed by atoms with Gasteiger partial charge in [-0.05, 0) is 85.6 Å². The summed E-state index contributed by atoms with van der Waals surface area (Å²) in [5.41, 5.74) is 1.71. The average molecular weight is 748 g/mol. The molecule has 0 aliphatic rings. The van der Waals surface area contributed by atoms with Crippen LogP contribution in [-0.4, -0.2) is 50.9 Å². The van der Waals surface area contributed by atoms with Crippen LogP contribution in [0, 0.1) is 0 Å². The molecule has 0 aliphatic heterocycles. The number of anilines is 1. The topological polar surface area (TPSA) is 96.0 Å². The molecule has 0 bridgehead atoms. The maximum atomic E-state index is 14.5. The molecule has 4 rings (SSSR count). The summed E-state index contributed by atoms with van der Waals surface area (Å²) in [6.45, 7) is 3.80. The largest absolute Gasteiger partial charge is 0.494 e. The Hall–Kier alpha value is -3.57. The Morgan fingerprint density at radius 2 is 1.54 bits per heavy atom. The Bertz CT molecular complexity index is 1740. The number of benzene rings is 4. The number of hydrogen-bond donors (Lipinski definition) is 1. The lowest BCUT2D eigenvalue weighted by atomic mass is 10.0. The second kappa shape index (κ2) is 16.3. The minimum Gasteiger partial charge on any atom is -0.494 e. The molecule has 0 radical (unpaired) electrons. The highest BCUT2D eigenvalue weighted by atomic mass is 79.9. The van der Waals surface area contributed by atoms with E-state index < -0.39 is 28.5 Å². The van der Waals surface area contributed by atoms with E-state index in [1.807, 2.05) is 37.3 Å². The summed E-state index contributed by atoms with van der Waals surface area (Å²) in [6.07, 6.45) is 0.197. The Kier molecular flexibility index (Phi) is 12.5. The molecule has 0 unspecified atom stereocenters. The molecule has 0 aliphatic carbocycles. The van der Waals surface area contributed by atoms with Crippen LogP contribution in [0.5, 0.6) is 5.75 Å². The van der Waals surface area contributed by atoms with Gasteiger partial charge in [-0.25, -0.2) is 8.42 Å². The maximum Gasteiger partial charge on any atom is 0.264 e. The SMILES string of the molecule is CCNC(=O)[C@@H](Cc1ccccc1)N(Cc1ccc(Cl)c(Cl)c1)C(=O)CN(c1ccc(OCC)cc1)S(=O)(=O)c1ccc(Br)cc1. The minimum atomic E-state index is -4.24. The van der Waals surface area contributed by atoms with Crippen molar-refractivity contribution >= 4 is 66.7 Å². The van der Waals surface area contributed by atoms with E-state index in [2.05, 4.69) is 21.2 Å². The van der Waals surface area contributed by atoms with Crippen LogP contribution in [0.25, 0.3) is 0 Å². The molecule has 0 saturated carbocycles. The Morgan fingerprint density at radius 1 is 0.870 bits per heavy atom. The molecule has 0 fully saturated rings. The maximum absolute atomic E-state index is 14.5.